The number of hydrogen-bond donors (Lipinski definition) is 2. The van der Waals surface area contributed by atoms with Crippen molar-refractivity contribution in [1.82, 2.24) is 4.72 Å². The number of benzene rings is 1. The van der Waals surface area contributed by atoms with E-state index >= 15 is 0 Å². The molecule has 114 valence electrons. The van der Waals surface area contributed by atoms with Crippen LogP contribution in [0.4, 0.5) is 0 Å². The van der Waals surface area contributed by atoms with Gasteiger partial charge in [0.1, 0.15) is 9.77 Å². The van der Waals surface area contributed by atoms with Crippen LogP contribution in [0.5, 0.6) is 0 Å². The van der Waals surface area contributed by atoms with Gasteiger partial charge < -0.3 is 5.11 Å². The van der Waals surface area contributed by atoms with Crippen LogP contribution in [0.25, 0.3) is 10.1 Å². The summed E-state index contributed by atoms with van der Waals surface area (Å²) >= 11 is 0.984. The first-order valence-corrected chi connectivity index (χ1v) is 9.02. The van der Waals surface area contributed by atoms with E-state index in [0.717, 1.165) is 30.6 Å². The number of fused-ring (bicyclic) bond motifs is 1. The summed E-state index contributed by atoms with van der Waals surface area (Å²) in [5.41, 5.74) is 0. The smallest absolute Gasteiger partial charge is 0.347 e. The summed E-state index contributed by atoms with van der Waals surface area (Å²) in [6.45, 7) is 2.35. The van der Waals surface area contributed by atoms with Gasteiger partial charge in [-0.15, -0.1) is 11.3 Å². The highest BCUT2D eigenvalue weighted by Gasteiger charge is 2.27. The molecular formula is C14H17NO4S2. The molecule has 5 nitrogen and oxygen atoms in total. The second kappa shape index (κ2) is 6.55. The van der Waals surface area contributed by atoms with E-state index in [2.05, 4.69) is 4.72 Å². The predicted molar refractivity (Wildman–Crippen MR) is 83.5 cm³/mol. The van der Waals surface area contributed by atoms with Crippen molar-refractivity contribution in [3.63, 3.8) is 0 Å². The highest BCUT2D eigenvalue weighted by molar-refractivity contribution is 7.90. The maximum Gasteiger partial charge on any atom is 0.347 e. The van der Waals surface area contributed by atoms with Crippen molar-refractivity contribution in [1.29, 1.82) is 0 Å². The zero-order chi connectivity index (χ0) is 15.5. The van der Waals surface area contributed by atoms with Crippen molar-refractivity contribution in [2.45, 2.75) is 31.1 Å². The van der Waals surface area contributed by atoms with Gasteiger partial charge in [0.15, 0.2) is 0 Å². The summed E-state index contributed by atoms with van der Waals surface area (Å²) in [6, 6.07) is 6.83. The van der Waals surface area contributed by atoms with Crippen molar-refractivity contribution in [3.8, 4) is 0 Å². The summed E-state index contributed by atoms with van der Waals surface area (Å²) < 4.78 is 28.0. The SMILES string of the molecule is CCCCCNS(=O)(=O)c1c(C(=O)O)sc2ccccc12. The third-order valence-corrected chi connectivity index (χ3v) is 5.92. The number of rotatable bonds is 7. The molecule has 0 amide bonds. The fourth-order valence-electron chi connectivity index (χ4n) is 2.08. The lowest BCUT2D eigenvalue weighted by Gasteiger charge is -2.06. The van der Waals surface area contributed by atoms with E-state index in [-0.39, 0.29) is 9.77 Å². The maximum absolute atomic E-state index is 12.4. The van der Waals surface area contributed by atoms with Crippen molar-refractivity contribution in [3.05, 3.63) is 29.1 Å². The molecule has 0 atom stereocenters. The van der Waals surface area contributed by atoms with Gasteiger partial charge in [-0.3, -0.25) is 0 Å². The van der Waals surface area contributed by atoms with E-state index < -0.39 is 16.0 Å². The van der Waals surface area contributed by atoms with E-state index in [4.69, 9.17) is 0 Å². The lowest BCUT2D eigenvalue weighted by atomic mass is 10.2. The molecule has 2 rings (SSSR count). The maximum atomic E-state index is 12.4. The zero-order valence-electron chi connectivity index (χ0n) is 11.6. The molecule has 1 aromatic carbocycles. The Morgan fingerprint density at radius 2 is 2.00 bits per heavy atom. The van der Waals surface area contributed by atoms with Crippen molar-refractivity contribution in [2.24, 2.45) is 0 Å². The molecule has 0 saturated carbocycles. The largest absolute Gasteiger partial charge is 0.477 e. The minimum absolute atomic E-state index is 0.118. The molecule has 2 N–H and O–H groups in total. The molecule has 0 aliphatic carbocycles. The van der Waals surface area contributed by atoms with Gasteiger partial charge in [-0.05, 0) is 12.5 Å². The number of thiophene rings is 1. The van der Waals surface area contributed by atoms with Crippen LogP contribution in [0.3, 0.4) is 0 Å². The second-order valence-electron chi connectivity index (χ2n) is 4.67. The Morgan fingerprint density at radius 1 is 1.29 bits per heavy atom. The van der Waals surface area contributed by atoms with Crippen LogP contribution in [0.2, 0.25) is 0 Å². The number of aromatic carboxylic acids is 1. The van der Waals surface area contributed by atoms with E-state index in [9.17, 15) is 18.3 Å². The molecule has 0 spiro atoms. The standard InChI is InChI=1S/C14H17NO4S2/c1-2-3-6-9-15-21(18,19)13-10-7-4-5-8-11(10)20-12(13)14(16)17/h4-5,7-8,15H,2-3,6,9H2,1H3,(H,16,17). The van der Waals surface area contributed by atoms with E-state index in [1.54, 1.807) is 24.3 Å². The molecule has 0 fully saturated rings. The van der Waals surface area contributed by atoms with E-state index in [1.165, 1.54) is 0 Å². The predicted octanol–water partition coefficient (Wildman–Crippen LogP) is 3.07. The van der Waals surface area contributed by atoms with E-state index in [0.29, 0.717) is 16.6 Å². The third-order valence-electron chi connectivity index (χ3n) is 3.09. The van der Waals surface area contributed by atoms with E-state index in [1.807, 2.05) is 6.92 Å². The number of carboxylic acids is 1. The fourth-order valence-corrected chi connectivity index (χ4v) is 4.89. The number of hydrogen-bond acceptors (Lipinski definition) is 4. The second-order valence-corrected chi connectivity index (χ2v) is 7.42. The Hall–Kier alpha value is -1.44. The van der Waals surface area contributed by atoms with Crippen LogP contribution < -0.4 is 4.72 Å². The average molecular weight is 327 g/mol. The van der Waals surface area contributed by atoms with Crippen LogP contribution in [-0.4, -0.2) is 26.0 Å². The van der Waals surface area contributed by atoms with Crippen molar-refractivity contribution in [2.75, 3.05) is 6.54 Å². The summed E-state index contributed by atoms with van der Waals surface area (Å²) in [7, 11) is -3.82. The Labute approximate surface area is 127 Å². The van der Waals surface area contributed by atoms with Gasteiger partial charge in [-0.25, -0.2) is 17.9 Å². The third kappa shape index (κ3) is 3.42. The van der Waals surface area contributed by atoms with Crippen LogP contribution in [0.15, 0.2) is 29.2 Å². The monoisotopic (exact) mass is 327 g/mol. The number of carbonyl (C=O) groups is 1. The first-order chi connectivity index (χ1) is 9.97. The fraction of sp³-hybridized carbons (Fsp3) is 0.357. The zero-order valence-corrected chi connectivity index (χ0v) is 13.3. The van der Waals surface area contributed by atoms with Crippen molar-refractivity contribution < 1.29 is 18.3 Å². The number of unbranched alkanes of at least 4 members (excludes halogenated alkanes) is 2. The van der Waals surface area contributed by atoms with Crippen LogP contribution in [0.1, 0.15) is 35.9 Å². The van der Waals surface area contributed by atoms with Crippen LogP contribution in [-0.2, 0) is 10.0 Å². The summed E-state index contributed by atoms with van der Waals surface area (Å²) in [5, 5.41) is 9.72. The summed E-state index contributed by atoms with van der Waals surface area (Å²) in [4.78, 5) is 11.1. The first-order valence-electron chi connectivity index (χ1n) is 6.72. The summed E-state index contributed by atoms with van der Waals surface area (Å²) in [5.74, 6) is -1.22. The van der Waals surface area contributed by atoms with Gasteiger partial charge in [0.25, 0.3) is 0 Å². The quantitative estimate of drug-likeness (QED) is 0.766. The lowest BCUT2D eigenvalue weighted by Crippen LogP contribution is -2.26. The van der Waals surface area contributed by atoms with Crippen LogP contribution in [0, 0.1) is 0 Å². The molecule has 0 unspecified atom stereocenters. The Kier molecular flexibility index (Phi) is 4.97. The van der Waals surface area contributed by atoms with Gasteiger partial charge in [0, 0.05) is 16.6 Å². The van der Waals surface area contributed by atoms with Gasteiger partial charge in [-0.2, -0.15) is 0 Å². The first kappa shape index (κ1) is 15.9. The molecule has 0 radical (unpaired) electrons. The van der Waals surface area contributed by atoms with Gasteiger partial charge in [0.05, 0.1) is 0 Å². The molecule has 1 heterocycles. The molecule has 1 aromatic heterocycles. The molecule has 2 aromatic rings. The Balaban J connectivity index is 2.43. The van der Waals surface area contributed by atoms with Gasteiger partial charge in [-0.1, -0.05) is 38.0 Å². The normalized spacial score (nSPS) is 11.9. The Morgan fingerprint density at radius 3 is 2.67 bits per heavy atom. The highest BCUT2D eigenvalue weighted by atomic mass is 32.2. The minimum Gasteiger partial charge on any atom is -0.477 e. The average Bonchev–Trinajstić information content (AvgIpc) is 2.84. The molecule has 0 aliphatic heterocycles. The highest BCUT2D eigenvalue weighted by Crippen LogP contribution is 2.34. The number of nitrogens with one attached hydrogen (secondary N) is 1. The minimum atomic E-state index is -3.82. The summed E-state index contributed by atoms with van der Waals surface area (Å²) in [6.07, 6.45) is 2.66. The molecule has 0 aliphatic rings. The lowest BCUT2D eigenvalue weighted by molar-refractivity contribution is 0.0698. The van der Waals surface area contributed by atoms with Gasteiger partial charge >= 0.3 is 5.97 Å². The van der Waals surface area contributed by atoms with Crippen LogP contribution >= 0.6 is 11.3 Å². The molecular weight excluding hydrogens is 310 g/mol. The molecule has 7 heteroatoms. The van der Waals surface area contributed by atoms with Crippen molar-refractivity contribution >= 4 is 37.4 Å². The molecule has 0 saturated heterocycles. The Bertz CT molecular complexity index is 749. The molecule has 21 heavy (non-hydrogen) atoms. The number of carboxylic acid groups (broad SMARTS) is 1. The molecule has 0 bridgehead atoms. The number of sulfonamides is 1. The topological polar surface area (TPSA) is 83.5 Å². The van der Waals surface area contributed by atoms with Gasteiger partial charge in [0.2, 0.25) is 10.0 Å².